The lowest BCUT2D eigenvalue weighted by molar-refractivity contribution is 0.458. The summed E-state index contributed by atoms with van der Waals surface area (Å²) < 4.78 is 6.84. The molecule has 0 saturated carbocycles. The van der Waals surface area contributed by atoms with Crippen molar-refractivity contribution in [2.45, 2.75) is 19.9 Å². The quantitative estimate of drug-likeness (QED) is 0.806. The Balaban J connectivity index is 2.09. The molecule has 0 amide bonds. The maximum atomic E-state index is 5.76. The smallest absolute Gasteiger partial charge is 0.219 e. The molecule has 1 aromatic heterocycles. The summed E-state index contributed by atoms with van der Waals surface area (Å²) >= 11 is 2.25. The molecule has 0 radical (unpaired) electrons. The van der Waals surface area contributed by atoms with Crippen LogP contribution in [0, 0.1) is 3.57 Å². The maximum Gasteiger partial charge on any atom is 0.219 e. The predicted octanol–water partition coefficient (Wildman–Crippen LogP) is 4.15. The van der Waals surface area contributed by atoms with Crippen LogP contribution in [0.2, 0.25) is 0 Å². The van der Waals surface area contributed by atoms with E-state index in [2.05, 4.69) is 46.7 Å². The van der Waals surface area contributed by atoms with Gasteiger partial charge >= 0.3 is 0 Å². The average molecular weight is 368 g/mol. The van der Waals surface area contributed by atoms with E-state index in [-0.39, 0.29) is 0 Å². The van der Waals surface area contributed by atoms with E-state index >= 15 is 0 Å². The highest BCUT2D eigenvalue weighted by atomic mass is 127. The molecule has 100 valence electrons. The van der Waals surface area contributed by atoms with Crippen LogP contribution in [0.15, 0.2) is 42.6 Å². The molecule has 19 heavy (non-hydrogen) atoms. The summed E-state index contributed by atoms with van der Waals surface area (Å²) in [5.74, 6) is 1.46. The molecule has 0 saturated heterocycles. The van der Waals surface area contributed by atoms with Crippen molar-refractivity contribution in [3.63, 3.8) is 0 Å². The first-order valence-electron chi connectivity index (χ1n) is 6.32. The molecule has 1 N–H and O–H groups in total. The lowest BCUT2D eigenvalue weighted by Crippen LogP contribution is -2.17. The van der Waals surface area contributed by atoms with Crippen LogP contribution >= 0.6 is 22.6 Å². The summed E-state index contributed by atoms with van der Waals surface area (Å²) in [6.07, 6.45) is 1.86. The van der Waals surface area contributed by atoms with Crippen LogP contribution in [0.4, 0.5) is 0 Å². The first-order valence-corrected chi connectivity index (χ1v) is 7.40. The minimum absolute atomic E-state index is 0.309. The molecule has 0 aliphatic rings. The van der Waals surface area contributed by atoms with Gasteiger partial charge in [-0.05, 0) is 53.8 Å². The Hall–Kier alpha value is -1.14. The van der Waals surface area contributed by atoms with Gasteiger partial charge in [0.05, 0.1) is 3.57 Å². The lowest BCUT2D eigenvalue weighted by atomic mass is 10.1. The summed E-state index contributed by atoms with van der Waals surface area (Å²) in [5.41, 5.74) is 1.16. The molecule has 3 nitrogen and oxygen atoms in total. The highest BCUT2D eigenvalue weighted by Crippen LogP contribution is 2.25. The van der Waals surface area contributed by atoms with Gasteiger partial charge in [-0.2, -0.15) is 0 Å². The van der Waals surface area contributed by atoms with Crippen molar-refractivity contribution in [1.29, 1.82) is 0 Å². The van der Waals surface area contributed by atoms with E-state index in [1.165, 1.54) is 0 Å². The van der Waals surface area contributed by atoms with E-state index in [9.17, 15) is 0 Å². The van der Waals surface area contributed by atoms with Crippen molar-refractivity contribution in [1.82, 2.24) is 10.3 Å². The van der Waals surface area contributed by atoms with Crippen molar-refractivity contribution in [2.24, 2.45) is 0 Å². The number of benzene rings is 1. The first-order chi connectivity index (χ1) is 9.20. The Morgan fingerprint density at radius 3 is 2.68 bits per heavy atom. The minimum atomic E-state index is 0.309. The highest BCUT2D eigenvalue weighted by molar-refractivity contribution is 14.1. The molecule has 0 aliphatic heterocycles. The molecule has 0 bridgehead atoms. The predicted molar refractivity (Wildman–Crippen MR) is 85.6 cm³/mol. The van der Waals surface area contributed by atoms with Crippen molar-refractivity contribution >= 4 is 22.6 Å². The van der Waals surface area contributed by atoms with Gasteiger partial charge in [0.1, 0.15) is 5.75 Å². The van der Waals surface area contributed by atoms with E-state index < -0.39 is 0 Å². The standard InChI is InChI=1S/C15H17IN2O/c1-3-17-11(2)12-8-9-15(18-10-12)19-14-7-5-4-6-13(14)16/h4-11,17H,3H2,1-2H3. The second kappa shape index (κ2) is 6.86. The number of rotatable bonds is 5. The van der Waals surface area contributed by atoms with Crippen molar-refractivity contribution < 1.29 is 4.74 Å². The van der Waals surface area contributed by atoms with Gasteiger partial charge in [-0.15, -0.1) is 0 Å². The van der Waals surface area contributed by atoms with Crippen LogP contribution in [0.5, 0.6) is 11.6 Å². The number of pyridine rings is 1. The molecule has 1 aromatic carbocycles. The van der Waals surface area contributed by atoms with Crippen LogP contribution in [0.1, 0.15) is 25.5 Å². The van der Waals surface area contributed by atoms with Crippen LogP contribution < -0.4 is 10.1 Å². The van der Waals surface area contributed by atoms with Gasteiger partial charge in [0.25, 0.3) is 0 Å². The van der Waals surface area contributed by atoms with E-state index in [1.54, 1.807) is 0 Å². The van der Waals surface area contributed by atoms with Crippen molar-refractivity contribution in [2.75, 3.05) is 6.54 Å². The van der Waals surface area contributed by atoms with Gasteiger partial charge < -0.3 is 10.1 Å². The molecular weight excluding hydrogens is 351 g/mol. The molecule has 1 atom stereocenters. The third-order valence-electron chi connectivity index (χ3n) is 2.82. The van der Waals surface area contributed by atoms with Gasteiger partial charge in [-0.1, -0.05) is 25.1 Å². The Morgan fingerprint density at radius 1 is 1.26 bits per heavy atom. The third-order valence-corrected chi connectivity index (χ3v) is 3.71. The van der Waals surface area contributed by atoms with Gasteiger partial charge in [-0.3, -0.25) is 0 Å². The number of aromatic nitrogens is 1. The van der Waals surface area contributed by atoms with E-state index in [0.29, 0.717) is 11.9 Å². The molecule has 1 heterocycles. The fourth-order valence-electron chi connectivity index (χ4n) is 1.77. The lowest BCUT2D eigenvalue weighted by Gasteiger charge is -2.13. The Bertz CT molecular complexity index is 528. The van der Waals surface area contributed by atoms with Crippen molar-refractivity contribution in [3.05, 3.63) is 51.7 Å². The van der Waals surface area contributed by atoms with Gasteiger partial charge in [0.2, 0.25) is 5.88 Å². The van der Waals surface area contributed by atoms with Crippen molar-refractivity contribution in [3.8, 4) is 11.6 Å². The Kier molecular flexibility index (Phi) is 5.15. The van der Waals surface area contributed by atoms with E-state index in [1.807, 2.05) is 42.6 Å². The fraction of sp³-hybridized carbons (Fsp3) is 0.267. The molecule has 0 spiro atoms. The summed E-state index contributed by atoms with van der Waals surface area (Å²) in [5, 5.41) is 3.36. The second-order valence-corrected chi connectivity index (χ2v) is 5.40. The van der Waals surface area contributed by atoms with Gasteiger partial charge in [-0.25, -0.2) is 4.98 Å². The molecule has 2 rings (SSSR count). The number of halogens is 1. The number of para-hydroxylation sites is 1. The Morgan fingerprint density at radius 2 is 2.05 bits per heavy atom. The zero-order valence-electron chi connectivity index (χ0n) is 11.1. The van der Waals surface area contributed by atoms with Gasteiger partial charge in [0, 0.05) is 18.3 Å². The third kappa shape index (κ3) is 3.91. The largest absolute Gasteiger partial charge is 0.438 e. The van der Waals surface area contributed by atoms with E-state index in [0.717, 1.165) is 21.4 Å². The average Bonchev–Trinajstić information content (AvgIpc) is 2.42. The molecule has 1 unspecified atom stereocenters. The number of ether oxygens (including phenoxy) is 1. The number of hydrogen-bond donors (Lipinski definition) is 1. The molecular formula is C15H17IN2O. The Labute approximate surface area is 127 Å². The number of nitrogens with one attached hydrogen (secondary N) is 1. The topological polar surface area (TPSA) is 34.1 Å². The normalized spacial score (nSPS) is 12.2. The maximum absolute atomic E-state index is 5.76. The molecule has 0 aliphatic carbocycles. The van der Waals surface area contributed by atoms with Crippen LogP contribution in [0.3, 0.4) is 0 Å². The summed E-state index contributed by atoms with van der Waals surface area (Å²) in [4.78, 5) is 4.35. The van der Waals surface area contributed by atoms with Crippen LogP contribution in [0.25, 0.3) is 0 Å². The van der Waals surface area contributed by atoms with Crippen LogP contribution in [-0.2, 0) is 0 Å². The summed E-state index contributed by atoms with van der Waals surface area (Å²) in [6, 6.07) is 12.2. The summed E-state index contributed by atoms with van der Waals surface area (Å²) in [7, 11) is 0. The minimum Gasteiger partial charge on any atom is -0.438 e. The zero-order chi connectivity index (χ0) is 13.7. The second-order valence-electron chi connectivity index (χ2n) is 4.24. The molecule has 0 fully saturated rings. The summed E-state index contributed by atoms with van der Waals surface area (Å²) in [6.45, 7) is 5.17. The molecule has 4 heteroatoms. The highest BCUT2D eigenvalue weighted by Gasteiger charge is 2.06. The van der Waals surface area contributed by atoms with Crippen LogP contribution in [-0.4, -0.2) is 11.5 Å². The van der Waals surface area contributed by atoms with E-state index in [4.69, 9.17) is 4.74 Å². The first kappa shape index (κ1) is 14.3. The molecule has 2 aromatic rings. The fourth-order valence-corrected chi connectivity index (χ4v) is 2.27. The monoisotopic (exact) mass is 368 g/mol. The number of nitrogens with zero attached hydrogens (tertiary/aromatic N) is 1. The zero-order valence-corrected chi connectivity index (χ0v) is 13.2. The SMILES string of the molecule is CCNC(C)c1ccc(Oc2ccccc2I)nc1. The van der Waals surface area contributed by atoms with Gasteiger partial charge in [0.15, 0.2) is 0 Å². The number of hydrogen-bond acceptors (Lipinski definition) is 3.